The van der Waals surface area contributed by atoms with Crippen molar-refractivity contribution in [1.29, 1.82) is 0 Å². The Morgan fingerprint density at radius 3 is 2.73 bits per heavy atom. The van der Waals surface area contributed by atoms with Gasteiger partial charge in [0.25, 0.3) is 0 Å². The summed E-state index contributed by atoms with van der Waals surface area (Å²) in [5.74, 6) is 0. The van der Waals surface area contributed by atoms with Crippen LogP contribution < -0.4 is 11.0 Å². The zero-order chi connectivity index (χ0) is 11.3. The molecule has 1 atom stereocenters. The average Bonchev–Trinajstić information content (AvgIpc) is 2.54. The van der Waals surface area contributed by atoms with Crippen molar-refractivity contribution in [2.75, 3.05) is 6.54 Å². The Balaban J connectivity index is 2.37. The minimum absolute atomic E-state index is 0.0673. The second-order valence-electron chi connectivity index (χ2n) is 4.03. The summed E-state index contributed by atoms with van der Waals surface area (Å²) >= 11 is 0. The molecule has 1 unspecified atom stereocenters. The van der Waals surface area contributed by atoms with Crippen LogP contribution >= 0.6 is 0 Å². The van der Waals surface area contributed by atoms with Gasteiger partial charge in [0.2, 0.25) is 0 Å². The van der Waals surface area contributed by atoms with Crippen LogP contribution in [0.2, 0.25) is 0 Å². The predicted molar refractivity (Wildman–Crippen MR) is 62.0 cm³/mol. The molecule has 0 amide bonds. The first-order valence-electron chi connectivity index (χ1n) is 5.60. The van der Waals surface area contributed by atoms with E-state index in [2.05, 4.69) is 19.2 Å². The monoisotopic (exact) mass is 211 g/mol. The van der Waals surface area contributed by atoms with E-state index in [1.54, 1.807) is 22.4 Å². The second-order valence-corrected chi connectivity index (χ2v) is 4.03. The summed E-state index contributed by atoms with van der Waals surface area (Å²) in [5, 5.41) is 3.41. The van der Waals surface area contributed by atoms with Gasteiger partial charge < -0.3 is 9.88 Å². The lowest BCUT2D eigenvalue weighted by molar-refractivity contribution is 0.470. The van der Waals surface area contributed by atoms with Crippen LogP contribution in [0.1, 0.15) is 26.7 Å². The fourth-order valence-electron chi connectivity index (χ4n) is 1.51. The van der Waals surface area contributed by atoms with Crippen molar-refractivity contribution >= 4 is 0 Å². The standard InChI is InChI=1S/C11H21N3O/c1-4-6-12-10(2)5-7-14-9-8-13(3)11(14)15/h8-10,12H,4-7H2,1-3H3. The molecule has 0 aliphatic rings. The summed E-state index contributed by atoms with van der Waals surface area (Å²) in [5.41, 5.74) is 0.0673. The van der Waals surface area contributed by atoms with Gasteiger partial charge in [-0.15, -0.1) is 0 Å². The molecule has 1 aromatic heterocycles. The van der Waals surface area contributed by atoms with Crippen LogP contribution in [0.4, 0.5) is 0 Å². The first kappa shape index (κ1) is 12.0. The Morgan fingerprint density at radius 2 is 2.20 bits per heavy atom. The fourth-order valence-corrected chi connectivity index (χ4v) is 1.51. The first-order chi connectivity index (χ1) is 7.15. The molecule has 15 heavy (non-hydrogen) atoms. The van der Waals surface area contributed by atoms with E-state index in [4.69, 9.17) is 0 Å². The van der Waals surface area contributed by atoms with Gasteiger partial charge in [-0.3, -0.25) is 4.57 Å². The summed E-state index contributed by atoms with van der Waals surface area (Å²) in [4.78, 5) is 11.5. The van der Waals surface area contributed by atoms with Gasteiger partial charge in [-0.2, -0.15) is 0 Å². The van der Waals surface area contributed by atoms with E-state index in [0.717, 1.165) is 25.9 Å². The Bertz CT molecular complexity index is 340. The number of imidazole rings is 1. The molecule has 0 aromatic carbocycles. The molecule has 0 saturated carbocycles. The molecule has 0 fully saturated rings. The average molecular weight is 211 g/mol. The van der Waals surface area contributed by atoms with Gasteiger partial charge in [0, 0.05) is 32.0 Å². The molecule has 1 aromatic rings. The number of hydrogen-bond acceptors (Lipinski definition) is 2. The molecule has 4 heteroatoms. The summed E-state index contributed by atoms with van der Waals surface area (Å²) in [6.07, 6.45) is 5.78. The molecule has 1 N–H and O–H groups in total. The molecule has 0 bridgehead atoms. The normalized spacial score (nSPS) is 13.0. The zero-order valence-corrected chi connectivity index (χ0v) is 9.86. The van der Waals surface area contributed by atoms with Crippen LogP contribution in [-0.4, -0.2) is 21.7 Å². The predicted octanol–water partition coefficient (Wildman–Crippen LogP) is 0.965. The van der Waals surface area contributed by atoms with Gasteiger partial charge in [0.15, 0.2) is 0 Å². The maximum Gasteiger partial charge on any atom is 0.327 e. The van der Waals surface area contributed by atoms with E-state index in [1.165, 1.54) is 0 Å². The van der Waals surface area contributed by atoms with E-state index in [1.807, 2.05) is 6.20 Å². The molecule has 0 saturated heterocycles. The van der Waals surface area contributed by atoms with Gasteiger partial charge in [0.05, 0.1) is 0 Å². The summed E-state index contributed by atoms with van der Waals surface area (Å²) in [7, 11) is 1.78. The van der Waals surface area contributed by atoms with E-state index in [9.17, 15) is 4.79 Å². The van der Waals surface area contributed by atoms with Crippen LogP contribution in [0.3, 0.4) is 0 Å². The van der Waals surface area contributed by atoms with Crippen LogP contribution in [-0.2, 0) is 13.6 Å². The largest absolute Gasteiger partial charge is 0.327 e. The van der Waals surface area contributed by atoms with Crippen molar-refractivity contribution in [3.63, 3.8) is 0 Å². The lowest BCUT2D eigenvalue weighted by Gasteiger charge is -2.12. The summed E-state index contributed by atoms with van der Waals surface area (Å²) in [6, 6.07) is 0.469. The van der Waals surface area contributed by atoms with E-state index in [-0.39, 0.29) is 5.69 Å². The fraction of sp³-hybridized carbons (Fsp3) is 0.727. The van der Waals surface area contributed by atoms with Crippen molar-refractivity contribution < 1.29 is 0 Å². The number of rotatable bonds is 6. The molecule has 0 radical (unpaired) electrons. The molecular formula is C11H21N3O. The molecule has 0 aliphatic carbocycles. The van der Waals surface area contributed by atoms with Crippen LogP contribution in [0.25, 0.3) is 0 Å². The highest BCUT2D eigenvalue weighted by molar-refractivity contribution is 4.80. The lowest BCUT2D eigenvalue weighted by atomic mass is 10.2. The molecule has 0 aliphatic heterocycles. The van der Waals surface area contributed by atoms with Crippen LogP contribution in [0, 0.1) is 0 Å². The Kier molecular flexibility index (Phi) is 4.62. The molecule has 1 rings (SSSR count). The van der Waals surface area contributed by atoms with Crippen molar-refractivity contribution in [2.24, 2.45) is 7.05 Å². The van der Waals surface area contributed by atoms with Gasteiger partial charge in [-0.05, 0) is 26.3 Å². The maximum atomic E-state index is 11.5. The Hall–Kier alpha value is -1.03. The SMILES string of the molecule is CCCNC(C)CCn1ccn(C)c1=O. The number of hydrogen-bond donors (Lipinski definition) is 1. The summed E-state index contributed by atoms with van der Waals surface area (Å²) in [6.45, 7) is 6.15. The quantitative estimate of drug-likeness (QED) is 0.761. The highest BCUT2D eigenvalue weighted by Gasteiger charge is 2.03. The lowest BCUT2D eigenvalue weighted by Crippen LogP contribution is -2.30. The van der Waals surface area contributed by atoms with Gasteiger partial charge in [-0.25, -0.2) is 4.79 Å². The third-order valence-corrected chi connectivity index (χ3v) is 2.56. The van der Waals surface area contributed by atoms with E-state index >= 15 is 0 Å². The van der Waals surface area contributed by atoms with E-state index < -0.39 is 0 Å². The van der Waals surface area contributed by atoms with Crippen LogP contribution in [0.15, 0.2) is 17.2 Å². The van der Waals surface area contributed by atoms with Gasteiger partial charge in [0.1, 0.15) is 0 Å². The number of nitrogens with one attached hydrogen (secondary N) is 1. The van der Waals surface area contributed by atoms with Gasteiger partial charge >= 0.3 is 5.69 Å². The maximum absolute atomic E-state index is 11.5. The van der Waals surface area contributed by atoms with Crippen LogP contribution in [0.5, 0.6) is 0 Å². The van der Waals surface area contributed by atoms with Crippen molar-refractivity contribution in [3.8, 4) is 0 Å². The smallest absolute Gasteiger partial charge is 0.314 e. The first-order valence-corrected chi connectivity index (χ1v) is 5.60. The van der Waals surface area contributed by atoms with Crippen molar-refractivity contribution in [3.05, 3.63) is 22.9 Å². The zero-order valence-electron chi connectivity index (χ0n) is 9.86. The minimum Gasteiger partial charge on any atom is -0.314 e. The molecule has 4 nitrogen and oxygen atoms in total. The third kappa shape index (κ3) is 3.55. The highest BCUT2D eigenvalue weighted by Crippen LogP contribution is 1.94. The summed E-state index contributed by atoms with van der Waals surface area (Å²) < 4.78 is 3.36. The Morgan fingerprint density at radius 1 is 1.47 bits per heavy atom. The number of aryl methyl sites for hydroxylation is 2. The minimum atomic E-state index is 0.0673. The van der Waals surface area contributed by atoms with Crippen molar-refractivity contribution in [1.82, 2.24) is 14.5 Å². The molecule has 0 spiro atoms. The molecule has 86 valence electrons. The van der Waals surface area contributed by atoms with Crippen molar-refractivity contribution in [2.45, 2.75) is 39.3 Å². The van der Waals surface area contributed by atoms with Gasteiger partial charge in [-0.1, -0.05) is 6.92 Å². The molecule has 1 heterocycles. The Labute approximate surface area is 90.9 Å². The number of nitrogens with zero attached hydrogens (tertiary/aromatic N) is 2. The number of aromatic nitrogens is 2. The third-order valence-electron chi connectivity index (χ3n) is 2.56. The topological polar surface area (TPSA) is 39.0 Å². The highest BCUT2D eigenvalue weighted by atomic mass is 16.1. The second kappa shape index (κ2) is 5.75. The molecular weight excluding hydrogens is 190 g/mol. The van der Waals surface area contributed by atoms with E-state index in [0.29, 0.717) is 6.04 Å².